The summed E-state index contributed by atoms with van der Waals surface area (Å²) in [6, 6.07) is 7.46. The first-order valence-electron chi connectivity index (χ1n) is 8.58. The summed E-state index contributed by atoms with van der Waals surface area (Å²) in [6.07, 6.45) is 0. The van der Waals surface area contributed by atoms with Crippen LogP contribution in [0.1, 0.15) is 50.6 Å². The van der Waals surface area contributed by atoms with Crippen molar-refractivity contribution in [2.24, 2.45) is 0 Å². The molecule has 27 heavy (non-hydrogen) atoms. The monoisotopic (exact) mass is 376 g/mol. The molecule has 0 aliphatic heterocycles. The summed E-state index contributed by atoms with van der Waals surface area (Å²) < 4.78 is 17.2. The summed E-state index contributed by atoms with van der Waals surface area (Å²) in [5.41, 5.74) is 6.10. The van der Waals surface area contributed by atoms with Gasteiger partial charge < -0.3 is 29.2 Å². The van der Waals surface area contributed by atoms with Gasteiger partial charge in [0.05, 0.1) is 0 Å². The normalized spacial score (nSPS) is 12.0. The van der Waals surface area contributed by atoms with Crippen LogP contribution >= 0.6 is 0 Å². The highest BCUT2D eigenvalue weighted by molar-refractivity contribution is 5.32. The molecule has 8 heteroatoms. The average Bonchev–Trinajstić information content (AvgIpc) is 3.28. The third kappa shape index (κ3) is 4.78. The summed E-state index contributed by atoms with van der Waals surface area (Å²) in [7, 11) is 1.61. The summed E-state index contributed by atoms with van der Waals surface area (Å²) in [6.45, 7) is 11.1. The second kappa shape index (κ2) is 7.58. The van der Waals surface area contributed by atoms with Crippen LogP contribution in [-0.4, -0.2) is 27.1 Å². The van der Waals surface area contributed by atoms with Crippen LogP contribution in [0, 0.1) is 13.8 Å². The van der Waals surface area contributed by atoms with Gasteiger partial charge in [0.1, 0.15) is 11.2 Å². The predicted octanol–water partition coefficient (Wildman–Crippen LogP) is 3.45. The van der Waals surface area contributed by atoms with Crippen LogP contribution in [0.5, 0.6) is 0 Å². The topological polar surface area (TPSA) is 112 Å². The fraction of sp³-hybridized carbons (Fsp3) is 0.474. The lowest BCUT2D eigenvalue weighted by Crippen LogP contribution is -2.18. The maximum Gasteiger partial charge on any atom is 0.180 e. The van der Waals surface area contributed by atoms with E-state index in [1.165, 1.54) is 0 Å². The van der Waals surface area contributed by atoms with Crippen LogP contribution in [0.3, 0.4) is 0 Å². The fourth-order valence-electron chi connectivity index (χ4n) is 2.36. The quantitative estimate of drug-likeness (QED) is 0.717. The van der Waals surface area contributed by atoms with Crippen molar-refractivity contribution in [2.45, 2.75) is 52.7 Å². The number of hydrogen-bond donors (Lipinski definition) is 2. The van der Waals surface area contributed by atoms with E-state index >= 15 is 0 Å². The Hall–Kier alpha value is -2.58. The van der Waals surface area contributed by atoms with Crippen molar-refractivity contribution in [1.82, 2.24) is 14.9 Å². The van der Waals surface area contributed by atoms with E-state index < -0.39 is 11.2 Å². The molecule has 0 bridgehead atoms. The van der Waals surface area contributed by atoms with Gasteiger partial charge in [-0.3, -0.25) is 0 Å². The lowest BCUT2D eigenvalue weighted by Gasteiger charge is -2.18. The number of rotatable bonds is 4. The third-order valence-electron chi connectivity index (χ3n) is 4.23. The summed E-state index contributed by atoms with van der Waals surface area (Å²) in [5, 5.41) is 17.3. The Labute approximate surface area is 158 Å². The Kier molecular flexibility index (Phi) is 5.82. The van der Waals surface area contributed by atoms with Crippen LogP contribution in [0.25, 0.3) is 5.82 Å². The number of ether oxygens (including phenoxy) is 1. The largest absolute Gasteiger partial charge is 0.382 e. The van der Waals surface area contributed by atoms with Crippen molar-refractivity contribution < 1.29 is 18.9 Å². The molecule has 0 saturated carbocycles. The SMILES string of the molecule is COC(C)(C)c1cc(N)no1.Cc1ccc(C)n1-c1cc(C(C)(C)O)on1. The van der Waals surface area contributed by atoms with E-state index in [1.54, 1.807) is 33.1 Å². The van der Waals surface area contributed by atoms with Crippen molar-refractivity contribution in [3.05, 3.63) is 47.2 Å². The van der Waals surface area contributed by atoms with Gasteiger partial charge in [-0.2, -0.15) is 0 Å². The Morgan fingerprint density at radius 1 is 1.00 bits per heavy atom. The molecule has 3 aromatic heterocycles. The second-order valence-corrected chi connectivity index (χ2v) is 7.39. The number of aromatic nitrogens is 3. The highest BCUT2D eigenvalue weighted by Gasteiger charge is 2.24. The van der Waals surface area contributed by atoms with E-state index in [1.807, 2.05) is 44.4 Å². The predicted molar refractivity (Wildman–Crippen MR) is 101 cm³/mol. The number of nitrogens with zero attached hydrogens (tertiary/aromatic N) is 3. The van der Waals surface area contributed by atoms with Gasteiger partial charge in [-0.1, -0.05) is 10.3 Å². The maximum absolute atomic E-state index is 9.80. The number of nitrogen functional groups attached to an aromatic ring is 1. The molecular weight excluding hydrogens is 348 g/mol. The molecule has 0 radical (unpaired) electrons. The standard InChI is InChI=1S/C12H16N2O2.C7H12N2O2/c1-8-5-6-9(2)14(8)11-7-10(16-13-11)12(3,4)15;1-7(2,10-3)5-4-6(8)9-11-5/h5-7,15H,1-4H3;4H,1-3H3,(H2,8,9). The molecule has 0 spiro atoms. The van der Waals surface area contributed by atoms with Crippen LogP contribution in [0.2, 0.25) is 0 Å². The minimum atomic E-state index is -1.000. The van der Waals surface area contributed by atoms with Gasteiger partial charge >= 0.3 is 0 Å². The highest BCUT2D eigenvalue weighted by Crippen LogP contribution is 2.25. The second-order valence-electron chi connectivity index (χ2n) is 7.39. The molecule has 3 heterocycles. The molecule has 0 unspecified atom stereocenters. The van der Waals surface area contributed by atoms with Crippen molar-refractivity contribution >= 4 is 5.82 Å². The highest BCUT2D eigenvalue weighted by atomic mass is 16.5. The number of anilines is 1. The molecular formula is C19H28N4O4. The van der Waals surface area contributed by atoms with E-state index in [-0.39, 0.29) is 0 Å². The lowest BCUT2D eigenvalue weighted by atomic mass is 10.1. The van der Waals surface area contributed by atoms with Gasteiger partial charge in [0, 0.05) is 30.6 Å². The molecule has 3 N–H and O–H groups in total. The molecule has 0 aromatic carbocycles. The molecule has 0 saturated heterocycles. The van der Waals surface area contributed by atoms with Crippen LogP contribution in [0.15, 0.2) is 33.3 Å². The smallest absolute Gasteiger partial charge is 0.180 e. The van der Waals surface area contributed by atoms with E-state index in [0.717, 1.165) is 11.4 Å². The first-order chi connectivity index (χ1) is 12.5. The summed E-state index contributed by atoms with van der Waals surface area (Å²) >= 11 is 0. The molecule has 0 amide bonds. The molecule has 3 rings (SSSR count). The van der Waals surface area contributed by atoms with Gasteiger partial charge in [-0.15, -0.1) is 0 Å². The Balaban J connectivity index is 0.000000208. The molecule has 3 aromatic rings. The number of nitrogens with two attached hydrogens (primary N) is 1. The van der Waals surface area contributed by atoms with Crippen molar-refractivity contribution in [3.63, 3.8) is 0 Å². The molecule has 0 aliphatic carbocycles. The molecule has 0 aliphatic rings. The van der Waals surface area contributed by atoms with Gasteiger partial charge in [0.15, 0.2) is 23.2 Å². The number of methoxy groups -OCH3 is 1. The van der Waals surface area contributed by atoms with Gasteiger partial charge in [0.2, 0.25) is 0 Å². The zero-order chi connectivity index (χ0) is 20.4. The Morgan fingerprint density at radius 3 is 1.96 bits per heavy atom. The van der Waals surface area contributed by atoms with Crippen LogP contribution in [-0.2, 0) is 15.9 Å². The zero-order valence-electron chi connectivity index (χ0n) is 16.9. The summed E-state index contributed by atoms with van der Waals surface area (Å²) in [5.74, 6) is 2.19. The van der Waals surface area contributed by atoms with Crippen molar-refractivity contribution in [3.8, 4) is 5.82 Å². The van der Waals surface area contributed by atoms with Crippen LogP contribution in [0.4, 0.5) is 5.82 Å². The Morgan fingerprint density at radius 2 is 1.56 bits per heavy atom. The van der Waals surface area contributed by atoms with Crippen molar-refractivity contribution in [1.29, 1.82) is 0 Å². The number of aliphatic hydroxyl groups is 1. The van der Waals surface area contributed by atoms with Crippen molar-refractivity contribution in [2.75, 3.05) is 12.8 Å². The van der Waals surface area contributed by atoms with E-state index in [4.69, 9.17) is 19.5 Å². The first-order valence-corrected chi connectivity index (χ1v) is 8.58. The molecule has 8 nitrogen and oxygen atoms in total. The van der Waals surface area contributed by atoms with E-state index in [2.05, 4.69) is 10.3 Å². The summed E-state index contributed by atoms with van der Waals surface area (Å²) in [4.78, 5) is 0. The van der Waals surface area contributed by atoms with Gasteiger partial charge in [-0.05, 0) is 53.7 Å². The van der Waals surface area contributed by atoms with E-state index in [0.29, 0.717) is 23.2 Å². The molecule has 0 atom stereocenters. The lowest BCUT2D eigenvalue weighted by molar-refractivity contribution is -0.00344. The molecule has 148 valence electrons. The minimum Gasteiger partial charge on any atom is -0.382 e. The van der Waals surface area contributed by atoms with Gasteiger partial charge in [0.25, 0.3) is 0 Å². The molecule has 0 fully saturated rings. The zero-order valence-corrected chi connectivity index (χ0v) is 16.9. The van der Waals surface area contributed by atoms with Crippen LogP contribution < -0.4 is 5.73 Å². The number of aryl methyl sites for hydroxylation is 2. The van der Waals surface area contributed by atoms with E-state index in [9.17, 15) is 5.11 Å². The van der Waals surface area contributed by atoms with Gasteiger partial charge in [-0.25, -0.2) is 0 Å². The maximum atomic E-state index is 9.80. The average molecular weight is 376 g/mol. The minimum absolute atomic E-state index is 0.380. The first kappa shape index (κ1) is 20.7. The Bertz CT molecular complexity index is 864. The fourth-order valence-corrected chi connectivity index (χ4v) is 2.36. The number of hydrogen-bond acceptors (Lipinski definition) is 7. The third-order valence-corrected chi connectivity index (χ3v) is 4.23.